The van der Waals surface area contributed by atoms with Crippen LogP contribution in [0.1, 0.15) is 32.9 Å². The molecule has 0 bridgehead atoms. The number of likely N-dealkylation sites (tertiary alicyclic amines) is 1. The molecule has 1 saturated heterocycles. The van der Waals surface area contributed by atoms with E-state index in [1.165, 1.54) is 19.5 Å². The lowest BCUT2D eigenvalue weighted by Crippen LogP contribution is -2.26. The van der Waals surface area contributed by atoms with E-state index in [1.807, 2.05) is 12.1 Å². The Kier molecular flexibility index (Phi) is 3.74. The summed E-state index contributed by atoms with van der Waals surface area (Å²) < 4.78 is 0. The van der Waals surface area contributed by atoms with Gasteiger partial charge in [-0.2, -0.15) is 0 Å². The first kappa shape index (κ1) is 12.8. The van der Waals surface area contributed by atoms with E-state index in [4.69, 9.17) is 11.6 Å². The van der Waals surface area contributed by atoms with Crippen LogP contribution in [0, 0.1) is 11.3 Å². The van der Waals surface area contributed by atoms with Gasteiger partial charge in [0, 0.05) is 24.3 Å². The minimum atomic E-state index is 0.413. The van der Waals surface area contributed by atoms with Crippen LogP contribution in [0.5, 0.6) is 0 Å². The maximum atomic E-state index is 5.97. The van der Waals surface area contributed by atoms with Crippen LogP contribution < -0.4 is 0 Å². The molecule has 0 N–H and O–H groups in total. The fourth-order valence-electron chi connectivity index (χ4n) is 2.45. The third-order valence-electron chi connectivity index (χ3n) is 3.66. The quantitative estimate of drug-likeness (QED) is 0.800. The third kappa shape index (κ3) is 3.43. The molecule has 17 heavy (non-hydrogen) atoms. The molecule has 2 heterocycles. The van der Waals surface area contributed by atoms with Crippen LogP contribution in [-0.2, 0) is 6.54 Å². The number of pyridine rings is 1. The maximum Gasteiger partial charge on any atom is 0.0558 e. The smallest absolute Gasteiger partial charge is 0.0558 e. The summed E-state index contributed by atoms with van der Waals surface area (Å²) in [4.78, 5) is 6.84. The average molecular weight is 253 g/mol. The molecule has 0 saturated carbocycles. The van der Waals surface area contributed by atoms with E-state index in [9.17, 15) is 0 Å². The molecule has 0 aliphatic carbocycles. The minimum Gasteiger partial charge on any atom is -0.297 e. The summed E-state index contributed by atoms with van der Waals surface area (Å²) in [7, 11) is 0. The molecule has 94 valence electrons. The molecule has 2 rings (SSSR count). The van der Waals surface area contributed by atoms with Gasteiger partial charge in [-0.1, -0.05) is 32.4 Å². The van der Waals surface area contributed by atoms with Crippen molar-refractivity contribution < 1.29 is 0 Å². The van der Waals surface area contributed by atoms with Gasteiger partial charge >= 0.3 is 0 Å². The Morgan fingerprint density at radius 3 is 2.82 bits per heavy atom. The van der Waals surface area contributed by atoms with Crippen LogP contribution in [0.3, 0.4) is 0 Å². The molecule has 0 aromatic carbocycles. The first-order valence-electron chi connectivity index (χ1n) is 6.28. The predicted octanol–water partition coefficient (Wildman–Crippen LogP) is 3.60. The molecule has 2 nitrogen and oxygen atoms in total. The van der Waals surface area contributed by atoms with Gasteiger partial charge in [-0.25, -0.2) is 0 Å². The van der Waals surface area contributed by atoms with Crippen molar-refractivity contribution in [3.63, 3.8) is 0 Å². The average Bonchev–Trinajstić information content (AvgIpc) is 2.65. The zero-order valence-corrected chi connectivity index (χ0v) is 11.7. The number of aromatic nitrogens is 1. The largest absolute Gasteiger partial charge is 0.297 e. The minimum absolute atomic E-state index is 0.413. The lowest BCUT2D eigenvalue weighted by molar-refractivity contribution is 0.225. The topological polar surface area (TPSA) is 16.1 Å². The van der Waals surface area contributed by atoms with E-state index in [-0.39, 0.29) is 0 Å². The standard InChI is InChI=1S/C14H21ClN2/c1-14(2,3)11-5-7-17(9-11)10-13-8-12(15)4-6-16-13/h4,6,8,11H,5,7,9-10H2,1-3H3. The molecular weight excluding hydrogens is 232 g/mol. The van der Waals surface area contributed by atoms with Crippen LogP contribution in [-0.4, -0.2) is 23.0 Å². The van der Waals surface area contributed by atoms with E-state index in [0.717, 1.165) is 23.2 Å². The number of halogens is 1. The van der Waals surface area contributed by atoms with E-state index >= 15 is 0 Å². The summed E-state index contributed by atoms with van der Waals surface area (Å²) in [5.41, 5.74) is 1.49. The lowest BCUT2D eigenvalue weighted by Gasteiger charge is -2.27. The molecule has 1 atom stereocenters. The van der Waals surface area contributed by atoms with Gasteiger partial charge in [0.15, 0.2) is 0 Å². The van der Waals surface area contributed by atoms with Gasteiger partial charge in [0.1, 0.15) is 0 Å². The SMILES string of the molecule is CC(C)(C)C1CCN(Cc2cc(Cl)ccn2)C1. The van der Waals surface area contributed by atoms with E-state index in [1.54, 1.807) is 6.20 Å². The van der Waals surface area contributed by atoms with Crippen molar-refractivity contribution in [2.75, 3.05) is 13.1 Å². The van der Waals surface area contributed by atoms with Crippen molar-refractivity contribution in [3.8, 4) is 0 Å². The number of hydrogen-bond acceptors (Lipinski definition) is 2. The fourth-order valence-corrected chi connectivity index (χ4v) is 2.63. The Morgan fingerprint density at radius 1 is 1.47 bits per heavy atom. The summed E-state index contributed by atoms with van der Waals surface area (Å²) in [5, 5.41) is 0.779. The van der Waals surface area contributed by atoms with Gasteiger partial charge in [-0.05, 0) is 36.4 Å². The molecule has 1 aliphatic rings. The fraction of sp³-hybridized carbons (Fsp3) is 0.643. The molecule has 3 heteroatoms. The van der Waals surface area contributed by atoms with Gasteiger partial charge in [0.05, 0.1) is 5.69 Å². The zero-order chi connectivity index (χ0) is 12.5. The molecule has 1 fully saturated rings. The van der Waals surface area contributed by atoms with Gasteiger partial charge in [0.25, 0.3) is 0 Å². The van der Waals surface area contributed by atoms with E-state index in [0.29, 0.717) is 5.41 Å². The lowest BCUT2D eigenvalue weighted by atomic mass is 9.80. The maximum absolute atomic E-state index is 5.97. The van der Waals surface area contributed by atoms with Crippen molar-refractivity contribution in [3.05, 3.63) is 29.0 Å². The highest BCUT2D eigenvalue weighted by molar-refractivity contribution is 6.30. The molecule has 1 aromatic rings. The first-order valence-corrected chi connectivity index (χ1v) is 6.66. The van der Waals surface area contributed by atoms with Crippen LogP contribution in [0.2, 0.25) is 5.02 Å². The van der Waals surface area contributed by atoms with Gasteiger partial charge in [-0.3, -0.25) is 9.88 Å². The second-order valence-electron chi connectivity index (χ2n) is 6.05. The number of rotatable bonds is 2. The second kappa shape index (κ2) is 4.95. The Morgan fingerprint density at radius 2 is 2.24 bits per heavy atom. The van der Waals surface area contributed by atoms with Gasteiger partial charge in [-0.15, -0.1) is 0 Å². The van der Waals surface area contributed by atoms with Crippen LogP contribution in [0.15, 0.2) is 18.3 Å². The molecule has 1 aromatic heterocycles. The monoisotopic (exact) mass is 252 g/mol. The van der Waals surface area contributed by atoms with Crippen molar-refractivity contribution in [1.82, 2.24) is 9.88 Å². The van der Waals surface area contributed by atoms with Crippen molar-refractivity contribution >= 4 is 11.6 Å². The van der Waals surface area contributed by atoms with Gasteiger partial charge in [0.2, 0.25) is 0 Å². The van der Waals surface area contributed by atoms with Crippen molar-refractivity contribution in [1.29, 1.82) is 0 Å². The normalized spacial score (nSPS) is 22.0. The molecule has 0 amide bonds. The van der Waals surface area contributed by atoms with Crippen LogP contribution >= 0.6 is 11.6 Å². The Balaban J connectivity index is 1.94. The Bertz CT molecular complexity index is 384. The highest BCUT2D eigenvalue weighted by Gasteiger charge is 2.31. The zero-order valence-electron chi connectivity index (χ0n) is 10.9. The molecule has 0 spiro atoms. The summed E-state index contributed by atoms with van der Waals surface area (Å²) in [6.45, 7) is 10.3. The molecule has 1 aliphatic heterocycles. The second-order valence-corrected chi connectivity index (χ2v) is 6.49. The number of nitrogens with zero attached hydrogens (tertiary/aromatic N) is 2. The first-order chi connectivity index (χ1) is 7.95. The Labute approximate surface area is 109 Å². The highest BCUT2D eigenvalue weighted by atomic mass is 35.5. The highest BCUT2D eigenvalue weighted by Crippen LogP contribution is 2.33. The molecular formula is C14H21ClN2. The summed E-state index contributed by atoms with van der Waals surface area (Å²) in [6, 6.07) is 3.79. The number of hydrogen-bond donors (Lipinski definition) is 0. The van der Waals surface area contributed by atoms with Crippen LogP contribution in [0.4, 0.5) is 0 Å². The summed E-state index contributed by atoms with van der Waals surface area (Å²) in [6.07, 6.45) is 3.08. The summed E-state index contributed by atoms with van der Waals surface area (Å²) >= 11 is 5.97. The van der Waals surface area contributed by atoms with E-state index < -0.39 is 0 Å². The third-order valence-corrected chi connectivity index (χ3v) is 3.90. The van der Waals surface area contributed by atoms with Crippen molar-refractivity contribution in [2.24, 2.45) is 11.3 Å². The van der Waals surface area contributed by atoms with Gasteiger partial charge < -0.3 is 0 Å². The predicted molar refractivity (Wildman–Crippen MR) is 72.1 cm³/mol. The molecule has 0 radical (unpaired) electrons. The van der Waals surface area contributed by atoms with E-state index in [2.05, 4.69) is 30.7 Å². The van der Waals surface area contributed by atoms with Crippen LogP contribution in [0.25, 0.3) is 0 Å². The molecule has 1 unspecified atom stereocenters. The summed E-state index contributed by atoms with van der Waals surface area (Å²) in [5.74, 6) is 0.793. The van der Waals surface area contributed by atoms with Crippen molar-refractivity contribution in [2.45, 2.75) is 33.7 Å². The Hall–Kier alpha value is -0.600.